The molecule has 12 aromatic carbocycles. The Morgan fingerprint density at radius 2 is 0.814 bits per heavy atom. The van der Waals surface area contributed by atoms with E-state index in [-0.39, 0.29) is 0 Å². The molecule has 0 spiro atoms. The molecule has 0 unspecified atom stereocenters. The van der Waals surface area contributed by atoms with Crippen molar-refractivity contribution in [2.24, 2.45) is 0 Å². The van der Waals surface area contributed by atoms with E-state index in [2.05, 4.69) is 228 Å². The van der Waals surface area contributed by atoms with Gasteiger partial charge in [0, 0.05) is 44.0 Å². The summed E-state index contributed by atoms with van der Waals surface area (Å²) in [5, 5.41) is 14.8. The lowest BCUT2D eigenvalue weighted by Crippen LogP contribution is -1.97. The third kappa shape index (κ3) is 5.25. The van der Waals surface area contributed by atoms with E-state index in [0.29, 0.717) is 0 Å². The van der Waals surface area contributed by atoms with E-state index in [9.17, 15) is 0 Å². The van der Waals surface area contributed by atoms with Crippen molar-refractivity contribution in [3.8, 4) is 56.1 Å². The second-order valence-electron chi connectivity index (χ2n) is 18.9. The first kappa shape index (κ1) is 37.7. The lowest BCUT2D eigenvalue weighted by atomic mass is 9.94. The number of para-hydroxylation sites is 4. The van der Waals surface area contributed by atoms with Gasteiger partial charge in [-0.05, 0) is 138 Å². The number of rotatable bonds is 4. The van der Waals surface area contributed by atoms with Crippen molar-refractivity contribution in [3.63, 3.8) is 0 Å². The number of aromatic nitrogens is 4. The Bertz CT molecular complexity index is 4750. The summed E-state index contributed by atoms with van der Waals surface area (Å²) in [6, 6.07) is 84.4. The summed E-state index contributed by atoms with van der Waals surface area (Å²) in [4.78, 5) is 10.8. The monoisotopic (exact) mass is 886 g/mol. The molecule has 0 aliphatic heterocycles. The molecule has 1 aliphatic rings. The zero-order valence-electron chi connectivity index (χ0n) is 37.7. The van der Waals surface area contributed by atoms with E-state index in [0.717, 1.165) is 55.7 Å². The number of benzene rings is 12. The van der Waals surface area contributed by atoms with Gasteiger partial charge in [-0.3, -0.25) is 0 Å². The van der Waals surface area contributed by atoms with Crippen LogP contribution in [0.1, 0.15) is 0 Å². The third-order valence-electron chi connectivity index (χ3n) is 15.2. The minimum absolute atomic E-state index is 0.879. The summed E-state index contributed by atoms with van der Waals surface area (Å²) in [6.07, 6.45) is 0. The van der Waals surface area contributed by atoms with Gasteiger partial charge in [0.05, 0.1) is 44.5 Å². The summed E-state index contributed by atoms with van der Waals surface area (Å²) >= 11 is 0. The van der Waals surface area contributed by atoms with Crippen LogP contribution in [0.15, 0.2) is 231 Å². The van der Waals surface area contributed by atoms with Gasteiger partial charge in [0.1, 0.15) is 0 Å². The number of fused-ring (bicyclic) bond motifs is 14. The smallest absolute Gasteiger partial charge is 0.0979 e. The lowest BCUT2D eigenvalue weighted by Gasteiger charge is -2.15. The van der Waals surface area contributed by atoms with Crippen LogP contribution in [0.5, 0.6) is 0 Å². The minimum atomic E-state index is 0.879. The molecule has 4 heteroatoms. The second kappa shape index (κ2) is 14.1. The van der Waals surface area contributed by atoms with Crippen molar-refractivity contribution in [2.75, 3.05) is 0 Å². The van der Waals surface area contributed by atoms with Gasteiger partial charge in [0.15, 0.2) is 0 Å². The van der Waals surface area contributed by atoms with Crippen molar-refractivity contribution >= 4 is 97.7 Å². The van der Waals surface area contributed by atoms with Crippen LogP contribution in [0.25, 0.3) is 154 Å². The normalized spacial score (nSPS) is 12.3. The molecule has 3 aromatic heterocycles. The summed E-state index contributed by atoms with van der Waals surface area (Å²) < 4.78 is 4.88. The van der Waals surface area contributed by atoms with Crippen LogP contribution in [0, 0.1) is 0 Å². The van der Waals surface area contributed by atoms with Gasteiger partial charge in [-0.2, -0.15) is 0 Å². The Balaban J connectivity index is 0.847. The van der Waals surface area contributed by atoms with Crippen molar-refractivity contribution in [3.05, 3.63) is 231 Å². The average molecular weight is 887 g/mol. The second-order valence-corrected chi connectivity index (χ2v) is 18.9. The van der Waals surface area contributed by atoms with Crippen LogP contribution >= 0.6 is 0 Å². The Labute approximate surface area is 401 Å². The maximum Gasteiger partial charge on any atom is 0.0979 e. The van der Waals surface area contributed by atoms with Crippen LogP contribution in [0.4, 0.5) is 0 Å². The fourth-order valence-corrected chi connectivity index (χ4v) is 12.1. The molecule has 0 radical (unpaired) electrons. The van der Waals surface area contributed by atoms with Crippen molar-refractivity contribution in [1.82, 2.24) is 19.1 Å². The zero-order chi connectivity index (χ0) is 45.6. The van der Waals surface area contributed by atoms with Crippen LogP contribution < -0.4 is 0 Å². The standard InChI is InChI=1S/C66H38N4/c1-2-13-47-39(12-1)28-33-61-64(47)55-17-6-10-23-60(55)69(61)46-30-27-42-37-56-50-16-5-9-22-59(50)70(62(56)38-44(42)36-46)45-29-26-40-34-43(25-24-41(40)35-45)65-66(68-58-21-8-7-20-57(58)67-65)54-32-31-53-49-15-4-3-14-48(49)51-18-11-19-52(54)63(51)53/h1-38H. The molecule has 3 heterocycles. The molecule has 0 atom stereocenters. The molecule has 15 aromatic rings. The summed E-state index contributed by atoms with van der Waals surface area (Å²) in [5.41, 5.74) is 17.8. The van der Waals surface area contributed by atoms with E-state index >= 15 is 0 Å². The predicted molar refractivity (Wildman–Crippen MR) is 294 cm³/mol. The van der Waals surface area contributed by atoms with Gasteiger partial charge in [-0.15, -0.1) is 0 Å². The molecule has 1 aliphatic carbocycles. The first-order chi connectivity index (χ1) is 34.7. The molecular formula is C66H38N4. The first-order valence-corrected chi connectivity index (χ1v) is 24.1. The summed E-state index contributed by atoms with van der Waals surface area (Å²) in [5.74, 6) is 0. The van der Waals surface area contributed by atoms with Crippen LogP contribution in [0.2, 0.25) is 0 Å². The molecular weight excluding hydrogens is 849 g/mol. The Morgan fingerprint density at radius 1 is 0.257 bits per heavy atom. The molecule has 0 bridgehead atoms. The highest BCUT2D eigenvalue weighted by Crippen LogP contribution is 2.50. The SMILES string of the molecule is c1ccc2c(c1)-c1cccc3c(-c4nc5ccccc5nc4-c4ccc5cc(-n6c7ccccc7c7cc8ccc(-n9c%10ccccc%10c%10c%11ccccc%11ccc%109)cc8cc76)ccc5c4)ccc-2c13. The van der Waals surface area contributed by atoms with Gasteiger partial charge in [-0.1, -0.05) is 158 Å². The number of hydrogen-bond acceptors (Lipinski definition) is 2. The molecule has 0 N–H and O–H groups in total. The van der Waals surface area contributed by atoms with Gasteiger partial charge >= 0.3 is 0 Å². The molecule has 0 saturated carbocycles. The topological polar surface area (TPSA) is 35.6 Å². The quantitative estimate of drug-likeness (QED) is 0.176. The molecule has 322 valence electrons. The van der Waals surface area contributed by atoms with Gasteiger partial charge < -0.3 is 9.13 Å². The number of nitrogens with zero attached hydrogens (tertiary/aromatic N) is 4. The molecule has 70 heavy (non-hydrogen) atoms. The van der Waals surface area contributed by atoms with Gasteiger partial charge in [0.25, 0.3) is 0 Å². The van der Waals surface area contributed by atoms with Gasteiger partial charge in [-0.25, -0.2) is 9.97 Å². The molecule has 16 rings (SSSR count). The average Bonchev–Trinajstić information content (AvgIpc) is 4.06. The molecule has 0 amide bonds. The lowest BCUT2D eigenvalue weighted by molar-refractivity contribution is 1.18. The third-order valence-corrected chi connectivity index (χ3v) is 15.2. The van der Waals surface area contributed by atoms with Crippen molar-refractivity contribution in [1.29, 1.82) is 0 Å². The van der Waals surface area contributed by atoms with Gasteiger partial charge in [0.2, 0.25) is 0 Å². The predicted octanol–water partition coefficient (Wildman–Crippen LogP) is 17.4. The highest BCUT2D eigenvalue weighted by atomic mass is 15.0. The number of hydrogen-bond donors (Lipinski definition) is 0. The van der Waals surface area contributed by atoms with E-state index in [1.807, 2.05) is 12.1 Å². The largest absolute Gasteiger partial charge is 0.309 e. The van der Waals surface area contributed by atoms with Crippen LogP contribution in [-0.2, 0) is 0 Å². The maximum absolute atomic E-state index is 5.40. The molecule has 4 nitrogen and oxygen atoms in total. The zero-order valence-corrected chi connectivity index (χ0v) is 37.7. The summed E-state index contributed by atoms with van der Waals surface area (Å²) in [6.45, 7) is 0. The minimum Gasteiger partial charge on any atom is -0.309 e. The van der Waals surface area contributed by atoms with E-state index < -0.39 is 0 Å². The first-order valence-electron chi connectivity index (χ1n) is 24.1. The highest BCUT2D eigenvalue weighted by Gasteiger charge is 2.25. The van der Waals surface area contributed by atoms with E-state index in [1.165, 1.54) is 98.2 Å². The Hall–Kier alpha value is -9.38. The summed E-state index contributed by atoms with van der Waals surface area (Å²) in [7, 11) is 0. The van der Waals surface area contributed by atoms with Crippen LogP contribution in [-0.4, -0.2) is 19.1 Å². The van der Waals surface area contributed by atoms with Crippen LogP contribution in [0.3, 0.4) is 0 Å². The fraction of sp³-hybridized carbons (Fsp3) is 0. The Kier molecular flexibility index (Phi) is 7.58. The highest BCUT2D eigenvalue weighted by molar-refractivity contribution is 6.22. The molecule has 0 saturated heterocycles. The molecule has 0 fully saturated rings. The Morgan fingerprint density at radius 3 is 1.63 bits per heavy atom. The van der Waals surface area contributed by atoms with Crippen molar-refractivity contribution in [2.45, 2.75) is 0 Å². The fourth-order valence-electron chi connectivity index (χ4n) is 12.1. The van der Waals surface area contributed by atoms with Crippen molar-refractivity contribution < 1.29 is 0 Å². The van der Waals surface area contributed by atoms with E-state index in [1.54, 1.807) is 0 Å². The van der Waals surface area contributed by atoms with E-state index in [4.69, 9.17) is 9.97 Å². The maximum atomic E-state index is 5.40.